The zero-order valence-corrected chi connectivity index (χ0v) is 7.47. The first-order valence-corrected chi connectivity index (χ1v) is 3.86. The zero-order valence-electron chi connectivity index (χ0n) is 5.32. The first-order chi connectivity index (χ1) is 4.20. The van der Waals surface area contributed by atoms with Gasteiger partial charge < -0.3 is 0 Å². The summed E-state index contributed by atoms with van der Waals surface area (Å²) in [5, 5.41) is 0. The minimum atomic E-state index is 1.13. The van der Waals surface area contributed by atoms with Crippen molar-refractivity contribution in [2.45, 2.75) is 6.92 Å². The van der Waals surface area contributed by atoms with Crippen molar-refractivity contribution in [3.05, 3.63) is 39.8 Å². The lowest BCUT2D eigenvalue weighted by Gasteiger charge is -1.97. The van der Waals surface area contributed by atoms with Crippen molar-refractivity contribution >= 4 is 22.6 Å². The Bertz CT molecular complexity index is 216. The largest absolute Gasteiger partial charge is 0.0580 e. The Morgan fingerprint density at radius 2 is 2.11 bits per heavy atom. The lowest BCUT2D eigenvalue weighted by atomic mass is 10.1. The maximum absolute atomic E-state index is 3.88. The minimum absolute atomic E-state index is 1.13. The van der Waals surface area contributed by atoms with E-state index >= 15 is 0 Å². The molecule has 0 bridgehead atoms. The molecule has 0 unspecified atom stereocenters. The molecule has 1 aromatic rings. The van der Waals surface area contributed by atoms with Crippen LogP contribution in [-0.2, 0) is 0 Å². The fourth-order valence-electron chi connectivity index (χ4n) is 0.640. The molecular weight excluding hydrogens is 223 g/mol. The van der Waals surface area contributed by atoms with Crippen LogP contribution in [0.1, 0.15) is 11.1 Å². The summed E-state index contributed by atoms with van der Waals surface area (Å²) in [7, 11) is 0. The molecule has 0 spiro atoms. The van der Waals surface area contributed by atoms with E-state index in [1.165, 1.54) is 9.13 Å². The van der Waals surface area contributed by atoms with Crippen molar-refractivity contribution < 1.29 is 0 Å². The summed E-state index contributed by atoms with van der Waals surface area (Å²) in [6.45, 7) is 5.94. The molecule has 0 fully saturated rings. The van der Waals surface area contributed by atoms with E-state index in [0.717, 1.165) is 5.56 Å². The van der Waals surface area contributed by atoms with E-state index in [4.69, 9.17) is 0 Å². The monoisotopic (exact) mass is 231 g/mol. The van der Waals surface area contributed by atoms with Crippen molar-refractivity contribution in [2.24, 2.45) is 0 Å². The molecule has 0 aromatic heterocycles. The molecule has 1 aromatic carbocycles. The highest BCUT2D eigenvalue weighted by Crippen LogP contribution is 2.10. The number of aryl methyl sites for hydroxylation is 1. The molecule has 1 radical (unpaired) electrons. The van der Waals surface area contributed by atoms with Crippen LogP contribution in [0.3, 0.4) is 0 Å². The van der Waals surface area contributed by atoms with Gasteiger partial charge in [-0.05, 0) is 59.7 Å². The maximum atomic E-state index is 3.88. The van der Waals surface area contributed by atoms with Gasteiger partial charge in [0.25, 0.3) is 0 Å². The number of hydrogen-bond donors (Lipinski definition) is 0. The van der Waals surface area contributed by atoms with Gasteiger partial charge in [-0.15, -0.1) is 0 Å². The second-order valence-corrected chi connectivity index (χ2v) is 3.32. The molecule has 9 heavy (non-hydrogen) atoms. The second kappa shape index (κ2) is 2.69. The van der Waals surface area contributed by atoms with Crippen LogP contribution in [-0.4, -0.2) is 0 Å². The van der Waals surface area contributed by atoms with Gasteiger partial charge in [0.1, 0.15) is 0 Å². The van der Waals surface area contributed by atoms with Gasteiger partial charge in [0.2, 0.25) is 0 Å². The molecule has 0 aliphatic carbocycles. The van der Waals surface area contributed by atoms with E-state index in [9.17, 15) is 0 Å². The average molecular weight is 231 g/mol. The van der Waals surface area contributed by atoms with Gasteiger partial charge in [0.15, 0.2) is 0 Å². The van der Waals surface area contributed by atoms with Gasteiger partial charge in [0.05, 0.1) is 0 Å². The highest BCUT2D eigenvalue weighted by atomic mass is 127. The third-order valence-corrected chi connectivity index (χ3v) is 1.98. The Morgan fingerprint density at radius 3 is 2.56 bits per heavy atom. The molecule has 47 valence electrons. The van der Waals surface area contributed by atoms with Gasteiger partial charge in [-0.25, -0.2) is 0 Å². The molecule has 0 heterocycles. The molecule has 1 rings (SSSR count). The van der Waals surface area contributed by atoms with E-state index in [-0.39, 0.29) is 0 Å². The summed E-state index contributed by atoms with van der Waals surface area (Å²) >= 11 is 2.28. The Balaban J connectivity index is 3.17. The second-order valence-electron chi connectivity index (χ2n) is 2.07. The predicted octanol–water partition coefficient (Wildman–Crippen LogP) is 2.78. The van der Waals surface area contributed by atoms with Crippen LogP contribution >= 0.6 is 22.6 Å². The summed E-state index contributed by atoms with van der Waals surface area (Å²) in [4.78, 5) is 0. The number of hydrogen-bond acceptors (Lipinski definition) is 0. The molecule has 0 amide bonds. The third kappa shape index (κ3) is 1.68. The summed E-state index contributed by atoms with van der Waals surface area (Å²) in [5.74, 6) is 0. The van der Waals surface area contributed by atoms with Crippen LogP contribution in [0.5, 0.6) is 0 Å². The van der Waals surface area contributed by atoms with Crippen LogP contribution in [0.4, 0.5) is 0 Å². The normalized spacial score (nSPS) is 9.67. The zero-order chi connectivity index (χ0) is 6.85. The lowest BCUT2D eigenvalue weighted by Crippen LogP contribution is -1.79. The van der Waals surface area contributed by atoms with Gasteiger partial charge in [0, 0.05) is 3.57 Å². The minimum Gasteiger partial charge on any atom is -0.0580 e. The molecule has 0 saturated carbocycles. The fraction of sp³-hybridized carbons (Fsp3) is 0.125. The first-order valence-electron chi connectivity index (χ1n) is 2.78. The highest BCUT2D eigenvalue weighted by molar-refractivity contribution is 14.1. The molecular formula is C8H8I. The van der Waals surface area contributed by atoms with Crippen molar-refractivity contribution in [1.82, 2.24) is 0 Å². The summed E-state index contributed by atoms with van der Waals surface area (Å²) in [6, 6.07) is 6.25. The number of halogens is 1. The van der Waals surface area contributed by atoms with E-state index in [0.29, 0.717) is 0 Å². The van der Waals surface area contributed by atoms with Crippen LogP contribution in [0.25, 0.3) is 0 Å². The summed E-state index contributed by atoms with van der Waals surface area (Å²) in [6.07, 6.45) is 0. The van der Waals surface area contributed by atoms with Crippen molar-refractivity contribution in [3.63, 3.8) is 0 Å². The molecule has 0 N–H and O–H groups in total. The molecule has 0 aliphatic heterocycles. The lowest BCUT2D eigenvalue weighted by molar-refractivity contribution is 1.40. The summed E-state index contributed by atoms with van der Waals surface area (Å²) in [5.41, 5.74) is 2.39. The van der Waals surface area contributed by atoms with Crippen LogP contribution in [0.2, 0.25) is 0 Å². The van der Waals surface area contributed by atoms with Crippen molar-refractivity contribution in [1.29, 1.82) is 0 Å². The smallest absolute Gasteiger partial charge is 0.0133 e. The predicted molar refractivity (Wildman–Crippen MR) is 48.4 cm³/mol. The summed E-state index contributed by atoms with van der Waals surface area (Å²) < 4.78 is 1.25. The van der Waals surface area contributed by atoms with Crippen LogP contribution < -0.4 is 0 Å². The number of rotatable bonds is 0. The molecule has 0 atom stereocenters. The van der Waals surface area contributed by atoms with E-state index in [2.05, 4.69) is 54.6 Å². The van der Waals surface area contributed by atoms with E-state index < -0.39 is 0 Å². The van der Waals surface area contributed by atoms with Crippen LogP contribution in [0, 0.1) is 17.4 Å². The maximum Gasteiger partial charge on any atom is 0.0133 e. The van der Waals surface area contributed by atoms with Crippen molar-refractivity contribution in [2.75, 3.05) is 0 Å². The molecule has 0 aliphatic rings. The SMILES string of the molecule is [CH2]c1cc(I)ccc1C. The van der Waals surface area contributed by atoms with Crippen molar-refractivity contribution in [3.8, 4) is 0 Å². The fourth-order valence-corrected chi connectivity index (χ4v) is 1.20. The Morgan fingerprint density at radius 1 is 1.44 bits per heavy atom. The highest BCUT2D eigenvalue weighted by Gasteiger charge is 1.90. The Hall–Kier alpha value is -0.0500. The first kappa shape index (κ1) is 7.06. The van der Waals surface area contributed by atoms with Crippen LogP contribution in [0.15, 0.2) is 18.2 Å². The standard InChI is InChI=1S/C8H8I/c1-6-3-4-8(9)5-7(6)2/h3-5H,2H2,1H3. The van der Waals surface area contributed by atoms with E-state index in [1.54, 1.807) is 0 Å². The number of benzene rings is 1. The molecule has 0 saturated heterocycles. The van der Waals surface area contributed by atoms with E-state index in [1.807, 2.05) is 0 Å². The molecule has 0 nitrogen and oxygen atoms in total. The quantitative estimate of drug-likeness (QED) is 0.602. The van der Waals surface area contributed by atoms with Gasteiger partial charge in [-0.1, -0.05) is 6.07 Å². The van der Waals surface area contributed by atoms with Gasteiger partial charge in [-0.2, -0.15) is 0 Å². The molecule has 1 heteroatoms. The third-order valence-electron chi connectivity index (χ3n) is 1.31. The topological polar surface area (TPSA) is 0 Å². The average Bonchev–Trinajstić information content (AvgIpc) is 1.80. The Labute approximate surface area is 69.4 Å². The Kier molecular flexibility index (Phi) is 2.11. The van der Waals surface area contributed by atoms with Gasteiger partial charge in [-0.3, -0.25) is 0 Å². The van der Waals surface area contributed by atoms with Gasteiger partial charge >= 0.3 is 0 Å².